The molecule has 2 rings (SSSR count). The number of methoxy groups -OCH3 is 3. The normalized spacial score (nSPS) is 12.2. The van der Waals surface area contributed by atoms with Gasteiger partial charge in [0.15, 0.2) is 0 Å². The molecule has 2 aromatic carbocycles. The minimum absolute atomic E-state index is 0.0573. The van der Waals surface area contributed by atoms with Gasteiger partial charge in [0, 0.05) is 17.0 Å². The lowest BCUT2D eigenvalue weighted by atomic mass is 9.87. The van der Waals surface area contributed by atoms with Crippen molar-refractivity contribution in [1.82, 2.24) is 0 Å². The standard InChI is InChI=1S/C27H39NO4S/c1-8-9-10-11-12-24(33-21-15-13-19(14-16-21)27(2,3)4)26(29)28-25-22(31-6)17-20(30-5)18-23(25)32-7/h13-18,24H,8-12H2,1-7H3,(H,28,29). The van der Waals surface area contributed by atoms with E-state index in [0.717, 1.165) is 24.2 Å². The second-order valence-electron chi connectivity index (χ2n) is 9.13. The summed E-state index contributed by atoms with van der Waals surface area (Å²) >= 11 is 1.61. The van der Waals surface area contributed by atoms with Crippen molar-refractivity contribution in [3.63, 3.8) is 0 Å². The molecule has 0 aromatic heterocycles. The van der Waals surface area contributed by atoms with Crippen molar-refractivity contribution in [3.05, 3.63) is 42.0 Å². The van der Waals surface area contributed by atoms with Gasteiger partial charge in [-0.1, -0.05) is 65.5 Å². The first-order valence-corrected chi connectivity index (χ1v) is 12.5. The van der Waals surface area contributed by atoms with Crippen LogP contribution in [0, 0.1) is 0 Å². The average molecular weight is 474 g/mol. The topological polar surface area (TPSA) is 56.8 Å². The lowest BCUT2D eigenvalue weighted by Gasteiger charge is -2.21. The Morgan fingerprint density at radius 3 is 2.03 bits per heavy atom. The van der Waals surface area contributed by atoms with Gasteiger partial charge in [0.05, 0.1) is 26.6 Å². The fraction of sp³-hybridized carbons (Fsp3) is 0.519. The van der Waals surface area contributed by atoms with Crippen LogP contribution in [-0.2, 0) is 10.2 Å². The summed E-state index contributed by atoms with van der Waals surface area (Å²) in [6.45, 7) is 8.80. The molecule has 0 bridgehead atoms. The molecule has 2 aromatic rings. The van der Waals surface area contributed by atoms with E-state index < -0.39 is 0 Å². The maximum absolute atomic E-state index is 13.4. The zero-order valence-corrected chi connectivity index (χ0v) is 21.9. The highest BCUT2D eigenvalue weighted by Crippen LogP contribution is 2.40. The van der Waals surface area contributed by atoms with Crippen molar-refractivity contribution in [3.8, 4) is 17.2 Å². The highest BCUT2D eigenvalue weighted by molar-refractivity contribution is 8.00. The van der Waals surface area contributed by atoms with Crippen molar-refractivity contribution in [2.75, 3.05) is 26.6 Å². The zero-order valence-electron chi connectivity index (χ0n) is 21.1. The quantitative estimate of drug-likeness (QED) is 0.264. The number of hydrogen-bond acceptors (Lipinski definition) is 5. The molecule has 182 valence electrons. The van der Waals surface area contributed by atoms with Gasteiger partial charge >= 0.3 is 0 Å². The predicted octanol–water partition coefficient (Wildman–Crippen LogP) is 7.08. The van der Waals surface area contributed by atoms with E-state index in [2.05, 4.69) is 57.3 Å². The summed E-state index contributed by atoms with van der Waals surface area (Å²) in [4.78, 5) is 14.5. The molecule has 5 nitrogen and oxygen atoms in total. The number of hydrogen-bond donors (Lipinski definition) is 1. The maximum Gasteiger partial charge on any atom is 0.238 e. The Kier molecular flexibility index (Phi) is 10.4. The monoisotopic (exact) mass is 473 g/mol. The van der Waals surface area contributed by atoms with E-state index in [0.29, 0.717) is 22.9 Å². The molecule has 33 heavy (non-hydrogen) atoms. The maximum atomic E-state index is 13.4. The molecule has 0 aliphatic rings. The molecule has 1 amide bonds. The van der Waals surface area contributed by atoms with Crippen LogP contribution in [0.2, 0.25) is 0 Å². The Bertz CT molecular complexity index is 865. The van der Waals surface area contributed by atoms with E-state index >= 15 is 0 Å². The predicted molar refractivity (Wildman–Crippen MR) is 138 cm³/mol. The van der Waals surface area contributed by atoms with E-state index in [1.807, 2.05) is 0 Å². The Morgan fingerprint density at radius 1 is 0.939 bits per heavy atom. The van der Waals surface area contributed by atoms with Gasteiger partial charge in [-0.05, 0) is 29.5 Å². The van der Waals surface area contributed by atoms with Gasteiger partial charge in [-0.3, -0.25) is 4.79 Å². The minimum Gasteiger partial charge on any atom is -0.496 e. The van der Waals surface area contributed by atoms with Crippen LogP contribution in [0.15, 0.2) is 41.3 Å². The summed E-state index contributed by atoms with van der Waals surface area (Å²) < 4.78 is 16.3. The van der Waals surface area contributed by atoms with E-state index in [1.165, 1.54) is 18.4 Å². The molecule has 0 saturated heterocycles. The summed E-state index contributed by atoms with van der Waals surface area (Å²) in [6.07, 6.45) is 5.28. The second-order valence-corrected chi connectivity index (χ2v) is 10.4. The number of anilines is 1. The number of carbonyl (C=O) groups is 1. The van der Waals surface area contributed by atoms with Crippen molar-refractivity contribution >= 4 is 23.4 Å². The summed E-state index contributed by atoms with van der Waals surface area (Å²) in [7, 11) is 4.72. The van der Waals surface area contributed by atoms with E-state index in [4.69, 9.17) is 14.2 Å². The first-order chi connectivity index (χ1) is 15.7. The van der Waals surface area contributed by atoms with Crippen molar-refractivity contribution in [2.24, 2.45) is 0 Å². The van der Waals surface area contributed by atoms with Gasteiger partial charge < -0.3 is 19.5 Å². The van der Waals surface area contributed by atoms with Crippen LogP contribution in [0.5, 0.6) is 17.2 Å². The van der Waals surface area contributed by atoms with Gasteiger partial charge in [-0.25, -0.2) is 0 Å². The molecule has 0 aliphatic heterocycles. The molecule has 0 fully saturated rings. The number of unbranched alkanes of at least 4 members (excludes halogenated alkanes) is 3. The number of thioether (sulfide) groups is 1. The molecule has 0 spiro atoms. The summed E-state index contributed by atoms with van der Waals surface area (Å²) in [6, 6.07) is 12.0. The summed E-state index contributed by atoms with van der Waals surface area (Å²) in [5.74, 6) is 1.55. The molecule has 0 radical (unpaired) electrons. The van der Waals surface area contributed by atoms with Crippen LogP contribution in [0.4, 0.5) is 5.69 Å². The van der Waals surface area contributed by atoms with Gasteiger partial charge in [0.25, 0.3) is 0 Å². The molecule has 6 heteroatoms. The Labute approximate surface area is 203 Å². The number of benzene rings is 2. The zero-order chi connectivity index (χ0) is 24.4. The molecule has 1 N–H and O–H groups in total. The number of ether oxygens (including phenoxy) is 3. The molecule has 0 heterocycles. The number of rotatable bonds is 12. The van der Waals surface area contributed by atoms with Gasteiger partial charge in [0.2, 0.25) is 5.91 Å². The van der Waals surface area contributed by atoms with E-state index in [-0.39, 0.29) is 16.6 Å². The van der Waals surface area contributed by atoms with Gasteiger partial charge in [0.1, 0.15) is 22.9 Å². The Hall–Kier alpha value is -2.34. The van der Waals surface area contributed by atoms with Crippen LogP contribution >= 0.6 is 11.8 Å². The van der Waals surface area contributed by atoms with Gasteiger partial charge in [-0.2, -0.15) is 0 Å². The Morgan fingerprint density at radius 2 is 1.55 bits per heavy atom. The van der Waals surface area contributed by atoms with Gasteiger partial charge in [-0.15, -0.1) is 11.8 Å². The first kappa shape index (κ1) is 26.9. The average Bonchev–Trinajstić information content (AvgIpc) is 2.80. The summed E-state index contributed by atoms with van der Waals surface area (Å²) in [5.41, 5.74) is 1.90. The highest BCUT2D eigenvalue weighted by atomic mass is 32.2. The largest absolute Gasteiger partial charge is 0.496 e. The van der Waals surface area contributed by atoms with E-state index in [9.17, 15) is 4.79 Å². The van der Waals surface area contributed by atoms with E-state index in [1.54, 1.807) is 45.2 Å². The third-order valence-corrected chi connectivity index (χ3v) is 6.85. The molecular formula is C27H39NO4S. The van der Waals surface area contributed by atoms with Crippen LogP contribution in [0.25, 0.3) is 0 Å². The van der Waals surface area contributed by atoms with Crippen molar-refractivity contribution in [1.29, 1.82) is 0 Å². The molecular weight excluding hydrogens is 434 g/mol. The highest BCUT2D eigenvalue weighted by Gasteiger charge is 2.24. The molecule has 1 atom stereocenters. The minimum atomic E-state index is -0.223. The SMILES string of the molecule is CCCCCCC(Sc1ccc(C(C)(C)C)cc1)C(=O)Nc1c(OC)cc(OC)cc1OC. The number of nitrogens with one attached hydrogen (secondary N) is 1. The second kappa shape index (κ2) is 12.8. The number of carbonyl (C=O) groups excluding carboxylic acids is 1. The van der Waals surface area contributed by atoms with Crippen LogP contribution in [0.1, 0.15) is 65.4 Å². The molecule has 0 aliphatic carbocycles. The van der Waals surface area contributed by atoms with Crippen molar-refractivity contribution < 1.29 is 19.0 Å². The molecule has 0 saturated carbocycles. The summed E-state index contributed by atoms with van der Waals surface area (Å²) in [5, 5.41) is 2.84. The van der Waals surface area contributed by atoms with Crippen molar-refractivity contribution in [2.45, 2.75) is 75.4 Å². The lowest BCUT2D eigenvalue weighted by molar-refractivity contribution is -0.115. The fourth-order valence-electron chi connectivity index (χ4n) is 3.53. The fourth-order valence-corrected chi connectivity index (χ4v) is 4.60. The van der Waals surface area contributed by atoms with Crippen LogP contribution in [-0.4, -0.2) is 32.5 Å². The first-order valence-electron chi connectivity index (χ1n) is 11.6. The number of amides is 1. The molecule has 1 unspecified atom stereocenters. The van der Waals surface area contributed by atoms with Crippen LogP contribution < -0.4 is 19.5 Å². The van der Waals surface area contributed by atoms with Crippen LogP contribution in [0.3, 0.4) is 0 Å². The third kappa shape index (κ3) is 7.88. The Balaban J connectivity index is 2.25. The smallest absolute Gasteiger partial charge is 0.238 e. The lowest BCUT2D eigenvalue weighted by Crippen LogP contribution is -2.26. The third-order valence-electron chi connectivity index (χ3n) is 5.57.